The number of hydrogen-bond acceptors (Lipinski definition) is 5. The van der Waals surface area contributed by atoms with Crippen LogP contribution in [0.15, 0.2) is 0 Å². The molecule has 0 rings (SSSR count). The average molecular weight is 316 g/mol. The van der Waals surface area contributed by atoms with E-state index >= 15 is 0 Å². The first kappa shape index (κ1) is 20.9. The zero-order valence-corrected chi connectivity index (χ0v) is 14.3. The molecule has 0 unspecified atom stereocenters. The summed E-state index contributed by atoms with van der Waals surface area (Å²) in [6.45, 7) is 4.19. The molecule has 0 aliphatic carbocycles. The van der Waals surface area contributed by atoms with E-state index in [0.717, 1.165) is 12.8 Å². The lowest BCUT2D eigenvalue weighted by molar-refractivity contribution is -0.145. The topological polar surface area (TPSA) is 70.1 Å². The first-order chi connectivity index (χ1) is 10.5. The second-order valence-electron chi connectivity index (χ2n) is 5.86. The summed E-state index contributed by atoms with van der Waals surface area (Å²) in [5.41, 5.74) is 0. The van der Waals surface area contributed by atoms with Crippen molar-refractivity contribution >= 4 is 11.9 Å². The minimum atomic E-state index is -0.844. The first-order valence-electron chi connectivity index (χ1n) is 8.20. The molecule has 0 aromatic heterocycles. The molecule has 6 heteroatoms. The van der Waals surface area contributed by atoms with Gasteiger partial charge in [-0.2, -0.15) is 0 Å². The van der Waals surface area contributed by atoms with Gasteiger partial charge in [-0.1, -0.05) is 39.0 Å². The maximum Gasteiger partial charge on any atom is 0.320 e. The van der Waals surface area contributed by atoms with Gasteiger partial charge in [-0.05, 0) is 20.5 Å². The Morgan fingerprint density at radius 1 is 0.909 bits per heavy atom. The Labute approximate surface area is 134 Å². The maximum absolute atomic E-state index is 11.6. The smallest absolute Gasteiger partial charge is 0.320 e. The van der Waals surface area contributed by atoms with E-state index in [1.165, 1.54) is 25.7 Å². The van der Waals surface area contributed by atoms with Crippen LogP contribution < -0.4 is 0 Å². The Kier molecular flexibility index (Phi) is 12.8. The van der Waals surface area contributed by atoms with Crippen molar-refractivity contribution in [1.29, 1.82) is 0 Å². The van der Waals surface area contributed by atoms with Crippen LogP contribution in [0.3, 0.4) is 0 Å². The van der Waals surface area contributed by atoms with Gasteiger partial charge < -0.3 is 9.84 Å². The molecule has 130 valence electrons. The van der Waals surface area contributed by atoms with Crippen molar-refractivity contribution in [2.75, 3.05) is 46.9 Å². The molecule has 0 aliphatic heterocycles. The fraction of sp³-hybridized carbons (Fsp3) is 0.875. The molecule has 0 bridgehead atoms. The molecular formula is C16H32N2O4. The molecule has 0 fully saturated rings. The van der Waals surface area contributed by atoms with Crippen LogP contribution in [0, 0.1) is 0 Å². The van der Waals surface area contributed by atoms with E-state index < -0.39 is 5.97 Å². The van der Waals surface area contributed by atoms with Crippen molar-refractivity contribution < 1.29 is 19.4 Å². The standard InChI is InChI=1S/C16H32N2O4/c1-4-5-6-7-8-9-12-22-16(21)14-18(3)11-10-17(2)13-15(19)20/h4-14H2,1-3H3,(H,19,20). The second kappa shape index (κ2) is 13.5. The summed E-state index contributed by atoms with van der Waals surface area (Å²) in [4.78, 5) is 25.7. The third-order valence-corrected chi connectivity index (χ3v) is 3.43. The van der Waals surface area contributed by atoms with Gasteiger partial charge in [-0.3, -0.25) is 19.4 Å². The predicted molar refractivity (Wildman–Crippen MR) is 87.0 cm³/mol. The fourth-order valence-electron chi connectivity index (χ4n) is 2.06. The van der Waals surface area contributed by atoms with Crippen LogP contribution in [0.4, 0.5) is 0 Å². The van der Waals surface area contributed by atoms with Crippen LogP contribution in [0.1, 0.15) is 45.4 Å². The highest BCUT2D eigenvalue weighted by Crippen LogP contribution is 2.05. The number of unbranched alkanes of at least 4 members (excludes halogenated alkanes) is 5. The van der Waals surface area contributed by atoms with Crippen LogP contribution in [0.5, 0.6) is 0 Å². The Hall–Kier alpha value is -1.14. The Morgan fingerprint density at radius 2 is 1.45 bits per heavy atom. The number of carboxylic acids is 1. The molecule has 0 radical (unpaired) electrons. The highest BCUT2D eigenvalue weighted by molar-refractivity contribution is 5.71. The van der Waals surface area contributed by atoms with Gasteiger partial charge in [0.2, 0.25) is 0 Å². The van der Waals surface area contributed by atoms with Crippen molar-refractivity contribution in [3.05, 3.63) is 0 Å². The zero-order valence-electron chi connectivity index (χ0n) is 14.3. The van der Waals surface area contributed by atoms with Gasteiger partial charge in [-0.25, -0.2) is 0 Å². The molecule has 0 aromatic rings. The van der Waals surface area contributed by atoms with Crippen LogP contribution in [0.2, 0.25) is 0 Å². The van der Waals surface area contributed by atoms with Gasteiger partial charge in [0.25, 0.3) is 0 Å². The summed E-state index contributed by atoms with van der Waals surface area (Å²) in [7, 11) is 3.58. The quantitative estimate of drug-likeness (QED) is 0.389. The summed E-state index contributed by atoms with van der Waals surface area (Å²) < 4.78 is 5.20. The number of aliphatic carboxylic acids is 1. The molecule has 0 aliphatic rings. The van der Waals surface area contributed by atoms with E-state index in [9.17, 15) is 9.59 Å². The second-order valence-corrected chi connectivity index (χ2v) is 5.86. The van der Waals surface area contributed by atoms with Crippen molar-refractivity contribution in [3.63, 3.8) is 0 Å². The Bertz CT molecular complexity index is 311. The van der Waals surface area contributed by atoms with Gasteiger partial charge in [0.15, 0.2) is 0 Å². The third kappa shape index (κ3) is 13.8. The molecule has 0 saturated heterocycles. The lowest BCUT2D eigenvalue weighted by Gasteiger charge is -2.20. The number of rotatable bonds is 14. The van der Waals surface area contributed by atoms with Crippen LogP contribution >= 0.6 is 0 Å². The molecule has 0 heterocycles. The van der Waals surface area contributed by atoms with Gasteiger partial charge in [-0.15, -0.1) is 0 Å². The summed E-state index contributed by atoms with van der Waals surface area (Å²) >= 11 is 0. The van der Waals surface area contributed by atoms with Gasteiger partial charge in [0.05, 0.1) is 19.7 Å². The van der Waals surface area contributed by atoms with Gasteiger partial charge in [0.1, 0.15) is 0 Å². The van der Waals surface area contributed by atoms with E-state index in [-0.39, 0.29) is 19.1 Å². The van der Waals surface area contributed by atoms with Crippen molar-refractivity contribution in [3.8, 4) is 0 Å². The molecule has 0 spiro atoms. The number of likely N-dealkylation sites (N-methyl/N-ethyl adjacent to an activating group) is 2. The number of carbonyl (C=O) groups excluding carboxylic acids is 1. The molecule has 0 saturated carbocycles. The average Bonchev–Trinajstić information content (AvgIpc) is 2.43. The fourth-order valence-corrected chi connectivity index (χ4v) is 2.06. The van der Waals surface area contributed by atoms with Gasteiger partial charge in [0, 0.05) is 13.1 Å². The van der Waals surface area contributed by atoms with Crippen molar-refractivity contribution in [2.45, 2.75) is 45.4 Å². The molecule has 0 atom stereocenters. The summed E-state index contributed by atoms with van der Waals surface area (Å²) in [6, 6.07) is 0. The SMILES string of the molecule is CCCCCCCCOC(=O)CN(C)CCN(C)CC(=O)O. The molecular weight excluding hydrogens is 284 g/mol. The first-order valence-corrected chi connectivity index (χ1v) is 8.20. The Balaban J connectivity index is 3.55. The highest BCUT2D eigenvalue weighted by atomic mass is 16.5. The van der Waals surface area contributed by atoms with E-state index in [1.54, 1.807) is 11.9 Å². The number of hydrogen-bond donors (Lipinski definition) is 1. The number of esters is 1. The number of carboxylic acid groups (broad SMARTS) is 1. The van der Waals surface area contributed by atoms with Crippen LogP contribution in [-0.4, -0.2) is 73.7 Å². The molecule has 1 N–H and O–H groups in total. The minimum Gasteiger partial charge on any atom is -0.480 e. The summed E-state index contributed by atoms with van der Waals surface area (Å²) in [5.74, 6) is -1.06. The molecule has 22 heavy (non-hydrogen) atoms. The lowest BCUT2D eigenvalue weighted by Crippen LogP contribution is -2.36. The maximum atomic E-state index is 11.6. The largest absolute Gasteiger partial charge is 0.480 e. The molecule has 6 nitrogen and oxygen atoms in total. The third-order valence-electron chi connectivity index (χ3n) is 3.43. The lowest BCUT2D eigenvalue weighted by atomic mass is 10.1. The van der Waals surface area contributed by atoms with Crippen molar-refractivity contribution in [1.82, 2.24) is 9.80 Å². The van der Waals surface area contributed by atoms with E-state index in [0.29, 0.717) is 19.7 Å². The van der Waals surface area contributed by atoms with Gasteiger partial charge >= 0.3 is 11.9 Å². The Morgan fingerprint density at radius 3 is 2.05 bits per heavy atom. The van der Waals surface area contributed by atoms with E-state index in [1.807, 2.05) is 11.9 Å². The minimum absolute atomic E-state index is 0.0102. The normalized spacial score (nSPS) is 11.1. The number of nitrogens with zero attached hydrogens (tertiary/aromatic N) is 2. The van der Waals surface area contributed by atoms with E-state index in [2.05, 4.69) is 6.92 Å². The monoisotopic (exact) mass is 316 g/mol. The highest BCUT2D eigenvalue weighted by Gasteiger charge is 2.10. The summed E-state index contributed by atoms with van der Waals surface area (Å²) in [6.07, 6.45) is 7.03. The van der Waals surface area contributed by atoms with Crippen molar-refractivity contribution in [2.24, 2.45) is 0 Å². The van der Waals surface area contributed by atoms with E-state index in [4.69, 9.17) is 9.84 Å². The van der Waals surface area contributed by atoms with Crippen LogP contribution in [-0.2, 0) is 14.3 Å². The molecule has 0 aromatic carbocycles. The zero-order chi connectivity index (χ0) is 16.8. The number of carbonyl (C=O) groups is 2. The summed E-state index contributed by atoms with van der Waals surface area (Å²) in [5, 5.41) is 8.65. The van der Waals surface area contributed by atoms with Crippen LogP contribution in [0.25, 0.3) is 0 Å². The predicted octanol–water partition coefficient (Wildman–Crippen LogP) is 1.84. The molecule has 0 amide bonds. The number of ether oxygens (including phenoxy) is 1.